The molecule has 0 radical (unpaired) electrons. The van der Waals surface area contributed by atoms with E-state index in [9.17, 15) is 4.79 Å². The third-order valence-electron chi connectivity index (χ3n) is 5.63. The minimum Gasteiger partial charge on any atom is -0.494 e. The topological polar surface area (TPSA) is 80.2 Å². The summed E-state index contributed by atoms with van der Waals surface area (Å²) in [7, 11) is 0. The molecule has 0 aromatic heterocycles. The van der Waals surface area contributed by atoms with E-state index >= 15 is 0 Å². The quantitative estimate of drug-likeness (QED) is 0.346. The zero-order chi connectivity index (χ0) is 24.7. The van der Waals surface area contributed by atoms with Gasteiger partial charge in [-0.3, -0.25) is 4.79 Å². The van der Waals surface area contributed by atoms with Gasteiger partial charge in [-0.2, -0.15) is 0 Å². The van der Waals surface area contributed by atoms with Crippen LogP contribution in [0, 0.1) is 0 Å². The predicted octanol–water partition coefficient (Wildman–Crippen LogP) is 4.94. The maximum absolute atomic E-state index is 13.5. The molecule has 1 heterocycles. The highest BCUT2D eigenvalue weighted by molar-refractivity contribution is 9.10. The lowest BCUT2D eigenvalue weighted by atomic mass is 9.91. The SMILES string of the molecule is O=C(NCc1ccc(Cl)cc1)[C@@]1(Cc2ccc(Br)cc2)COC(c2ccc(OCCCO)cc2)=N1. The van der Waals surface area contributed by atoms with Crippen molar-refractivity contribution in [3.8, 4) is 5.75 Å². The Kier molecular flexibility index (Phi) is 8.44. The van der Waals surface area contributed by atoms with Crippen LogP contribution in [-0.2, 0) is 22.5 Å². The van der Waals surface area contributed by atoms with Crippen LogP contribution >= 0.6 is 27.5 Å². The maximum atomic E-state index is 13.5. The van der Waals surface area contributed by atoms with E-state index in [4.69, 9.17) is 31.2 Å². The monoisotopic (exact) mass is 556 g/mol. The Morgan fingerprint density at radius 3 is 2.43 bits per heavy atom. The first kappa shape index (κ1) is 25.2. The summed E-state index contributed by atoms with van der Waals surface area (Å²) in [6.07, 6.45) is 0.972. The Morgan fingerprint density at radius 1 is 1.06 bits per heavy atom. The van der Waals surface area contributed by atoms with Gasteiger partial charge in [-0.25, -0.2) is 4.99 Å². The lowest BCUT2D eigenvalue weighted by molar-refractivity contribution is -0.126. The molecule has 1 atom stereocenters. The van der Waals surface area contributed by atoms with Crippen molar-refractivity contribution in [3.05, 3.63) is 99.0 Å². The molecule has 3 aromatic rings. The van der Waals surface area contributed by atoms with Crippen LogP contribution in [0.4, 0.5) is 0 Å². The molecule has 1 aliphatic heterocycles. The number of ether oxygens (including phenoxy) is 2. The summed E-state index contributed by atoms with van der Waals surface area (Å²) in [4.78, 5) is 18.3. The number of rotatable bonds is 10. The number of carbonyl (C=O) groups is 1. The number of benzene rings is 3. The second-order valence-corrected chi connectivity index (χ2v) is 9.65. The number of nitrogens with zero attached hydrogens (tertiary/aromatic N) is 1. The number of hydrogen-bond donors (Lipinski definition) is 2. The van der Waals surface area contributed by atoms with E-state index in [0.29, 0.717) is 42.7 Å². The minimum absolute atomic E-state index is 0.0866. The first-order valence-electron chi connectivity index (χ1n) is 11.3. The number of aliphatic imine (C=N–C) groups is 1. The van der Waals surface area contributed by atoms with Crippen molar-refractivity contribution in [1.82, 2.24) is 5.32 Å². The van der Waals surface area contributed by atoms with Gasteiger partial charge in [-0.15, -0.1) is 0 Å². The Hall–Kier alpha value is -2.87. The van der Waals surface area contributed by atoms with Crippen LogP contribution in [0.3, 0.4) is 0 Å². The highest BCUT2D eigenvalue weighted by Crippen LogP contribution is 2.28. The van der Waals surface area contributed by atoms with E-state index < -0.39 is 5.54 Å². The van der Waals surface area contributed by atoms with Crippen LogP contribution in [-0.4, -0.2) is 42.3 Å². The van der Waals surface area contributed by atoms with Crippen LogP contribution in [0.15, 0.2) is 82.3 Å². The number of aliphatic hydroxyl groups excluding tert-OH is 1. The summed E-state index contributed by atoms with van der Waals surface area (Å²) in [5.41, 5.74) is 1.60. The van der Waals surface area contributed by atoms with Gasteiger partial charge in [0.2, 0.25) is 5.90 Å². The number of nitrogens with one attached hydrogen (secondary N) is 1. The molecule has 2 N–H and O–H groups in total. The largest absolute Gasteiger partial charge is 0.494 e. The molecule has 182 valence electrons. The lowest BCUT2D eigenvalue weighted by Gasteiger charge is -2.23. The zero-order valence-corrected chi connectivity index (χ0v) is 21.4. The summed E-state index contributed by atoms with van der Waals surface area (Å²) < 4.78 is 12.5. The molecular weight excluding hydrogens is 532 g/mol. The molecule has 6 nitrogen and oxygen atoms in total. The highest BCUT2D eigenvalue weighted by Gasteiger charge is 2.44. The van der Waals surface area contributed by atoms with E-state index in [-0.39, 0.29) is 19.1 Å². The highest BCUT2D eigenvalue weighted by atomic mass is 79.9. The normalized spacial score (nSPS) is 16.9. The summed E-state index contributed by atoms with van der Waals surface area (Å²) in [5, 5.41) is 12.6. The van der Waals surface area contributed by atoms with E-state index in [0.717, 1.165) is 21.2 Å². The molecule has 3 aromatic carbocycles. The fourth-order valence-corrected chi connectivity index (χ4v) is 4.11. The van der Waals surface area contributed by atoms with Crippen molar-refractivity contribution in [3.63, 3.8) is 0 Å². The molecule has 4 rings (SSSR count). The van der Waals surface area contributed by atoms with E-state index in [2.05, 4.69) is 21.2 Å². The summed E-state index contributed by atoms with van der Waals surface area (Å²) in [6, 6.07) is 22.6. The molecule has 8 heteroatoms. The third kappa shape index (κ3) is 6.63. The van der Waals surface area contributed by atoms with Crippen LogP contribution in [0.1, 0.15) is 23.1 Å². The first-order valence-corrected chi connectivity index (χ1v) is 12.5. The van der Waals surface area contributed by atoms with Gasteiger partial charge in [-0.1, -0.05) is 51.8 Å². The lowest BCUT2D eigenvalue weighted by Crippen LogP contribution is -2.48. The Bertz CT molecular complexity index is 1170. The molecule has 0 spiro atoms. The molecular formula is C27H26BrClN2O4. The molecule has 1 aliphatic rings. The van der Waals surface area contributed by atoms with Gasteiger partial charge in [0.1, 0.15) is 12.4 Å². The van der Waals surface area contributed by atoms with Gasteiger partial charge < -0.3 is 19.9 Å². The second kappa shape index (κ2) is 11.7. The van der Waals surface area contributed by atoms with Crippen LogP contribution < -0.4 is 10.1 Å². The Balaban J connectivity index is 1.54. The van der Waals surface area contributed by atoms with Crippen molar-refractivity contribution in [2.24, 2.45) is 4.99 Å². The summed E-state index contributed by atoms with van der Waals surface area (Å²) in [5.74, 6) is 0.919. The fraction of sp³-hybridized carbons (Fsp3) is 0.259. The molecule has 0 saturated heterocycles. The third-order valence-corrected chi connectivity index (χ3v) is 6.42. The van der Waals surface area contributed by atoms with Crippen molar-refractivity contribution >= 4 is 39.3 Å². The van der Waals surface area contributed by atoms with E-state index in [1.807, 2.05) is 60.7 Å². The van der Waals surface area contributed by atoms with Crippen molar-refractivity contribution < 1.29 is 19.4 Å². The molecule has 0 aliphatic carbocycles. The Morgan fingerprint density at radius 2 is 1.74 bits per heavy atom. The van der Waals surface area contributed by atoms with Gasteiger partial charge in [0, 0.05) is 41.1 Å². The summed E-state index contributed by atoms with van der Waals surface area (Å²) in [6.45, 7) is 1.03. The van der Waals surface area contributed by atoms with Crippen molar-refractivity contribution in [1.29, 1.82) is 0 Å². The van der Waals surface area contributed by atoms with Gasteiger partial charge >= 0.3 is 0 Å². The average Bonchev–Trinajstić information content (AvgIpc) is 3.31. The molecule has 0 fully saturated rings. The van der Waals surface area contributed by atoms with Crippen LogP contribution in [0.5, 0.6) is 5.75 Å². The molecule has 0 saturated carbocycles. The molecule has 35 heavy (non-hydrogen) atoms. The average molecular weight is 558 g/mol. The minimum atomic E-state index is -1.09. The Labute approximate surface area is 218 Å². The van der Waals surface area contributed by atoms with Crippen LogP contribution in [0.2, 0.25) is 5.02 Å². The molecule has 0 bridgehead atoms. The number of amides is 1. The number of halogens is 2. The molecule has 0 unspecified atom stereocenters. The second-order valence-electron chi connectivity index (χ2n) is 8.30. The van der Waals surface area contributed by atoms with E-state index in [1.54, 1.807) is 12.1 Å². The van der Waals surface area contributed by atoms with Crippen LogP contribution in [0.25, 0.3) is 0 Å². The predicted molar refractivity (Wildman–Crippen MR) is 140 cm³/mol. The van der Waals surface area contributed by atoms with Gasteiger partial charge in [0.25, 0.3) is 5.91 Å². The number of carbonyl (C=O) groups excluding carboxylic acids is 1. The summed E-state index contributed by atoms with van der Waals surface area (Å²) >= 11 is 9.43. The molecule has 1 amide bonds. The maximum Gasteiger partial charge on any atom is 0.252 e. The van der Waals surface area contributed by atoms with Gasteiger partial charge in [0.15, 0.2) is 5.54 Å². The van der Waals surface area contributed by atoms with E-state index in [1.165, 1.54) is 0 Å². The smallest absolute Gasteiger partial charge is 0.252 e. The number of hydrogen-bond acceptors (Lipinski definition) is 5. The van der Waals surface area contributed by atoms with Crippen molar-refractivity contribution in [2.45, 2.75) is 24.9 Å². The van der Waals surface area contributed by atoms with Gasteiger partial charge in [0.05, 0.1) is 6.61 Å². The zero-order valence-electron chi connectivity index (χ0n) is 19.0. The fourth-order valence-electron chi connectivity index (χ4n) is 3.72. The first-order chi connectivity index (χ1) is 17.0. The van der Waals surface area contributed by atoms with Gasteiger partial charge in [-0.05, 0) is 59.7 Å². The standard InChI is InChI=1S/C27H26BrClN2O4/c28-22-8-2-19(3-9-22)16-27(26(33)30-17-20-4-10-23(29)11-5-20)18-35-25(31-27)21-6-12-24(13-7-21)34-15-1-14-32/h2-13,32H,1,14-18H2,(H,30,33)/t27-/m1/s1. The van der Waals surface area contributed by atoms with Crippen molar-refractivity contribution in [2.75, 3.05) is 19.8 Å². The number of aliphatic hydroxyl groups is 1.